The molecule has 17 heavy (non-hydrogen) atoms. The number of amides is 1. The lowest BCUT2D eigenvalue weighted by atomic mass is 9.82. The Bertz CT molecular complexity index is 363. The molecule has 0 spiro atoms. The Labute approximate surface area is 108 Å². The minimum absolute atomic E-state index is 0.0464. The molecule has 0 aromatic carbocycles. The zero-order valence-electron chi connectivity index (χ0n) is 11.3. The molecule has 0 saturated heterocycles. The zero-order chi connectivity index (χ0) is 13.1. The summed E-state index contributed by atoms with van der Waals surface area (Å²) >= 11 is 1.52. The van der Waals surface area contributed by atoms with Crippen LogP contribution < -0.4 is 5.32 Å². The Morgan fingerprint density at radius 2 is 2.00 bits per heavy atom. The topological polar surface area (TPSA) is 42.0 Å². The van der Waals surface area contributed by atoms with Crippen LogP contribution in [0.3, 0.4) is 0 Å². The summed E-state index contributed by atoms with van der Waals surface area (Å²) in [6, 6.07) is 0. The number of nitrogens with one attached hydrogen (secondary N) is 1. The summed E-state index contributed by atoms with van der Waals surface area (Å²) in [5, 5.41) is 4.99. The van der Waals surface area contributed by atoms with Crippen LogP contribution in [0.15, 0.2) is 10.9 Å². The van der Waals surface area contributed by atoms with Gasteiger partial charge in [0.05, 0.1) is 17.6 Å². The second-order valence-electron chi connectivity index (χ2n) is 6.33. The lowest BCUT2D eigenvalue weighted by Gasteiger charge is -2.33. The molecule has 0 aliphatic rings. The molecule has 0 bridgehead atoms. The van der Waals surface area contributed by atoms with Crippen molar-refractivity contribution < 1.29 is 4.79 Å². The molecule has 1 rings (SSSR count). The van der Waals surface area contributed by atoms with Crippen molar-refractivity contribution in [2.75, 3.05) is 0 Å². The SMILES string of the molecule is CC(C)(C)CC(C)(C)NC(=O)Cc1cscn1. The van der Waals surface area contributed by atoms with Crippen molar-refractivity contribution in [1.82, 2.24) is 10.3 Å². The van der Waals surface area contributed by atoms with E-state index in [9.17, 15) is 4.79 Å². The Balaban J connectivity index is 2.50. The Morgan fingerprint density at radius 1 is 1.35 bits per heavy atom. The molecule has 96 valence electrons. The van der Waals surface area contributed by atoms with Crippen LogP contribution in [0.1, 0.15) is 46.7 Å². The molecule has 1 N–H and O–H groups in total. The average Bonchev–Trinajstić information content (AvgIpc) is 2.49. The van der Waals surface area contributed by atoms with Crippen LogP contribution in [0.4, 0.5) is 0 Å². The van der Waals surface area contributed by atoms with E-state index in [0.29, 0.717) is 6.42 Å². The molecule has 1 amide bonds. The molecule has 0 fully saturated rings. The van der Waals surface area contributed by atoms with Gasteiger partial charge in [0, 0.05) is 10.9 Å². The molecule has 3 nitrogen and oxygen atoms in total. The lowest BCUT2D eigenvalue weighted by Crippen LogP contribution is -2.46. The minimum atomic E-state index is -0.175. The highest BCUT2D eigenvalue weighted by molar-refractivity contribution is 7.07. The average molecular weight is 254 g/mol. The monoisotopic (exact) mass is 254 g/mol. The molecule has 4 heteroatoms. The van der Waals surface area contributed by atoms with E-state index < -0.39 is 0 Å². The smallest absolute Gasteiger partial charge is 0.226 e. The van der Waals surface area contributed by atoms with Crippen molar-refractivity contribution in [2.45, 2.75) is 53.0 Å². The summed E-state index contributed by atoms with van der Waals surface area (Å²) in [7, 11) is 0. The molecular formula is C13H22N2OS. The second-order valence-corrected chi connectivity index (χ2v) is 7.04. The quantitative estimate of drug-likeness (QED) is 0.897. The molecule has 0 atom stereocenters. The van der Waals surface area contributed by atoms with Crippen molar-refractivity contribution in [1.29, 1.82) is 0 Å². The van der Waals surface area contributed by atoms with Crippen molar-refractivity contribution in [3.63, 3.8) is 0 Å². The van der Waals surface area contributed by atoms with E-state index in [1.54, 1.807) is 5.51 Å². The molecule has 1 aromatic heterocycles. The van der Waals surface area contributed by atoms with Gasteiger partial charge in [0.15, 0.2) is 0 Å². The number of thiazole rings is 1. The van der Waals surface area contributed by atoms with Crippen molar-refractivity contribution in [3.8, 4) is 0 Å². The molecule has 0 saturated carbocycles. The van der Waals surface area contributed by atoms with Crippen LogP contribution in [0, 0.1) is 5.41 Å². The predicted molar refractivity (Wildman–Crippen MR) is 72.1 cm³/mol. The molecule has 0 aliphatic carbocycles. The fraction of sp³-hybridized carbons (Fsp3) is 0.692. The number of rotatable bonds is 4. The Morgan fingerprint density at radius 3 is 2.47 bits per heavy atom. The maximum Gasteiger partial charge on any atom is 0.226 e. The fourth-order valence-corrected chi connectivity index (χ4v) is 2.84. The number of hydrogen-bond acceptors (Lipinski definition) is 3. The highest BCUT2D eigenvalue weighted by Gasteiger charge is 2.26. The standard InChI is InChI=1S/C13H22N2OS/c1-12(2,3)8-13(4,5)15-11(16)6-10-7-17-9-14-10/h7,9H,6,8H2,1-5H3,(H,15,16). The van der Waals surface area contributed by atoms with Crippen LogP contribution in [0.25, 0.3) is 0 Å². The molecule has 1 heterocycles. The van der Waals surface area contributed by atoms with E-state index in [1.165, 1.54) is 11.3 Å². The van der Waals surface area contributed by atoms with E-state index in [0.717, 1.165) is 12.1 Å². The third-order valence-electron chi connectivity index (χ3n) is 2.28. The van der Waals surface area contributed by atoms with Crippen LogP contribution in [-0.4, -0.2) is 16.4 Å². The van der Waals surface area contributed by atoms with Gasteiger partial charge in [0.2, 0.25) is 5.91 Å². The van der Waals surface area contributed by atoms with Gasteiger partial charge < -0.3 is 5.32 Å². The first-order valence-corrected chi connectivity index (χ1v) is 6.80. The molecule has 1 aromatic rings. The van der Waals surface area contributed by atoms with Gasteiger partial charge in [-0.15, -0.1) is 11.3 Å². The van der Waals surface area contributed by atoms with E-state index in [1.807, 2.05) is 5.38 Å². The van der Waals surface area contributed by atoms with Gasteiger partial charge in [-0.2, -0.15) is 0 Å². The summed E-state index contributed by atoms with van der Waals surface area (Å²) in [6.07, 6.45) is 1.32. The van der Waals surface area contributed by atoms with Crippen molar-refractivity contribution in [2.24, 2.45) is 5.41 Å². The molecule has 0 unspecified atom stereocenters. The minimum Gasteiger partial charge on any atom is -0.351 e. The normalized spacial score (nSPS) is 12.5. The molecule has 0 radical (unpaired) electrons. The van der Waals surface area contributed by atoms with Gasteiger partial charge in [0.25, 0.3) is 0 Å². The first-order chi connectivity index (χ1) is 7.68. The van der Waals surface area contributed by atoms with E-state index in [2.05, 4.69) is 44.9 Å². The Hall–Kier alpha value is -0.900. The van der Waals surface area contributed by atoms with Crippen LogP contribution >= 0.6 is 11.3 Å². The third-order valence-corrected chi connectivity index (χ3v) is 2.91. The van der Waals surface area contributed by atoms with Gasteiger partial charge in [0.1, 0.15) is 0 Å². The summed E-state index contributed by atoms with van der Waals surface area (Å²) in [5.74, 6) is 0.0464. The van der Waals surface area contributed by atoms with Crippen molar-refractivity contribution in [3.05, 3.63) is 16.6 Å². The third kappa shape index (κ3) is 5.82. The first-order valence-electron chi connectivity index (χ1n) is 5.86. The van der Waals surface area contributed by atoms with Gasteiger partial charge in [-0.25, -0.2) is 4.98 Å². The number of hydrogen-bond donors (Lipinski definition) is 1. The van der Waals surface area contributed by atoms with Gasteiger partial charge in [-0.3, -0.25) is 4.79 Å². The van der Waals surface area contributed by atoms with E-state index in [-0.39, 0.29) is 16.9 Å². The van der Waals surface area contributed by atoms with Gasteiger partial charge >= 0.3 is 0 Å². The number of aromatic nitrogens is 1. The largest absolute Gasteiger partial charge is 0.351 e. The summed E-state index contributed by atoms with van der Waals surface area (Å²) in [4.78, 5) is 16.0. The number of carbonyl (C=O) groups is 1. The lowest BCUT2D eigenvalue weighted by molar-refractivity contribution is -0.122. The second kappa shape index (κ2) is 5.17. The highest BCUT2D eigenvalue weighted by Crippen LogP contribution is 2.26. The van der Waals surface area contributed by atoms with Gasteiger partial charge in [-0.05, 0) is 25.7 Å². The first kappa shape index (κ1) is 14.2. The predicted octanol–water partition coefficient (Wildman–Crippen LogP) is 3.02. The number of nitrogens with zero attached hydrogens (tertiary/aromatic N) is 1. The summed E-state index contributed by atoms with van der Waals surface area (Å²) < 4.78 is 0. The van der Waals surface area contributed by atoms with Crippen LogP contribution in [0.5, 0.6) is 0 Å². The Kier molecular flexibility index (Phi) is 4.31. The summed E-state index contributed by atoms with van der Waals surface area (Å²) in [6.45, 7) is 10.7. The van der Waals surface area contributed by atoms with E-state index in [4.69, 9.17) is 0 Å². The molecule has 0 aliphatic heterocycles. The summed E-state index contributed by atoms with van der Waals surface area (Å²) in [5.41, 5.74) is 2.63. The highest BCUT2D eigenvalue weighted by atomic mass is 32.1. The zero-order valence-corrected chi connectivity index (χ0v) is 12.1. The van der Waals surface area contributed by atoms with Gasteiger partial charge in [-0.1, -0.05) is 20.8 Å². The maximum absolute atomic E-state index is 11.9. The molecular weight excluding hydrogens is 232 g/mol. The van der Waals surface area contributed by atoms with Crippen molar-refractivity contribution >= 4 is 17.2 Å². The van der Waals surface area contributed by atoms with Crippen LogP contribution in [0.2, 0.25) is 0 Å². The van der Waals surface area contributed by atoms with E-state index >= 15 is 0 Å². The van der Waals surface area contributed by atoms with Crippen LogP contribution in [-0.2, 0) is 11.2 Å². The fourth-order valence-electron chi connectivity index (χ4n) is 2.28. The number of carbonyl (C=O) groups excluding carboxylic acids is 1. The maximum atomic E-state index is 11.9.